The van der Waals surface area contributed by atoms with Crippen LogP contribution < -0.4 is 5.32 Å². The van der Waals surface area contributed by atoms with Crippen molar-refractivity contribution in [3.05, 3.63) is 22.0 Å². The summed E-state index contributed by atoms with van der Waals surface area (Å²) in [5.74, 6) is 3.56. The molecule has 5 heteroatoms. The number of hydrogen-bond donors (Lipinski definition) is 1. The van der Waals surface area contributed by atoms with E-state index in [2.05, 4.69) is 15.3 Å². The van der Waals surface area contributed by atoms with Gasteiger partial charge < -0.3 is 5.32 Å². The SMILES string of the molecule is Cc1nc(C)c2c(C)c(C(=O)NCC[C@H]3C[C@H]4CC[C@H]3C4)sc2n1. The van der Waals surface area contributed by atoms with Gasteiger partial charge in [0, 0.05) is 17.6 Å². The van der Waals surface area contributed by atoms with Gasteiger partial charge in [-0.1, -0.05) is 6.42 Å². The first-order valence-corrected chi connectivity index (χ1v) is 9.87. The Balaban J connectivity index is 1.44. The molecule has 128 valence electrons. The molecule has 1 amide bonds. The van der Waals surface area contributed by atoms with Gasteiger partial charge in [-0.25, -0.2) is 9.97 Å². The van der Waals surface area contributed by atoms with E-state index in [0.29, 0.717) is 0 Å². The predicted molar refractivity (Wildman–Crippen MR) is 97.5 cm³/mol. The molecule has 2 aromatic rings. The normalized spacial score (nSPS) is 25.5. The van der Waals surface area contributed by atoms with Crippen LogP contribution in [0.5, 0.6) is 0 Å². The third kappa shape index (κ3) is 2.73. The largest absolute Gasteiger partial charge is 0.351 e. The second kappa shape index (κ2) is 6.10. The molecule has 0 unspecified atom stereocenters. The highest BCUT2D eigenvalue weighted by Crippen LogP contribution is 2.49. The Morgan fingerprint density at radius 3 is 2.75 bits per heavy atom. The number of carbonyl (C=O) groups excluding carboxylic acids is 1. The van der Waals surface area contributed by atoms with Crippen molar-refractivity contribution in [2.75, 3.05) is 6.54 Å². The molecule has 0 radical (unpaired) electrons. The van der Waals surface area contributed by atoms with Crippen LogP contribution in [0, 0.1) is 38.5 Å². The predicted octanol–water partition coefficient (Wildman–Crippen LogP) is 4.17. The maximum atomic E-state index is 12.6. The molecule has 4 nitrogen and oxygen atoms in total. The van der Waals surface area contributed by atoms with E-state index >= 15 is 0 Å². The number of aryl methyl sites for hydroxylation is 3. The number of nitrogens with one attached hydrogen (secondary N) is 1. The van der Waals surface area contributed by atoms with Crippen LogP contribution >= 0.6 is 11.3 Å². The zero-order valence-electron chi connectivity index (χ0n) is 14.7. The zero-order chi connectivity index (χ0) is 16.8. The van der Waals surface area contributed by atoms with Crippen LogP contribution in [-0.2, 0) is 0 Å². The van der Waals surface area contributed by atoms with E-state index in [-0.39, 0.29) is 5.91 Å². The van der Waals surface area contributed by atoms with Gasteiger partial charge in [-0.05, 0) is 69.8 Å². The molecule has 24 heavy (non-hydrogen) atoms. The molecule has 0 aromatic carbocycles. The van der Waals surface area contributed by atoms with Crippen molar-refractivity contribution < 1.29 is 4.79 Å². The molecule has 2 bridgehead atoms. The van der Waals surface area contributed by atoms with Crippen LogP contribution in [-0.4, -0.2) is 22.4 Å². The highest BCUT2D eigenvalue weighted by atomic mass is 32.1. The van der Waals surface area contributed by atoms with Gasteiger partial charge in [0.15, 0.2) is 0 Å². The zero-order valence-corrected chi connectivity index (χ0v) is 15.5. The van der Waals surface area contributed by atoms with Crippen molar-refractivity contribution in [1.29, 1.82) is 0 Å². The van der Waals surface area contributed by atoms with Gasteiger partial charge in [-0.15, -0.1) is 11.3 Å². The third-order valence-corrected chi connectivity index (χ3v) is 7.16. The first-order chi connectivity index (χ1) is 11.5. The topological polar surface area (TPSA) is 54.9 Å². The summed E-state index contributed by atoms with van der Waals surface area (Å²) in [6.45, 7) is 6.70. The fourth-order valence-corrected chi connectivity index (χ4v) is 6.07. The van der Waals surface area contributed by atoms with Crippen LogP contribution in [0.3, 0.4) is 0 Å². The van der Waals surface area contributed by atoms with E-state index < -0.39 is 0 Å². The van der Waals surface area contributed by atoms with Crippen LogP contribution in [0.2, 0.25) is 0 Å². The average molecular weight is 343 g/mol. The van der Waals surface area contributed by atoms with Crippen molar-refractivity contribution in [2.45, 2.75) is 52.9 Å². The lowest BCUT2D eigenvalue weighted by Gasteiger charge is -2.21. The molecule has 0 spiro atoms. The van der Waals surface area contributed by atoms with E-state index in [1.165, 1.54) is 37.0 Å². The van der Waals surface area contributed by atoms with E-state index in [0.717, 1.165) is 62.9 Å². The Bertz CT molecular complexity index is 797. The van der Waals surface area contributed by atoms with Crippen LogP contribution in [0.25, 0.3) is 10.2 Å². The van der Waals surface area contributed by atoms with Crippen molar-refractivity contribution >= 4 is 27.5 Å². The summed E-state index contributed by atoms with van der Waals surface area (Å²) in [5, 5.41) is 4.19. The van der Waals surface area contributed by atoms with Gasteiger partial charge >= 0.3 is 0 Å². The monoisotopic (exact) mass is 343 g/mol. The molecule has 2 heterocycles. The maximum Gasteiger partial charge on any atom is 0.261 e. The maximum absolute atomic E-state index is 12.6. The number of carbonyl (C=O) groups is 1. The molecule has 0 aliphatic heterocycles. The van der Waals surface area contributed by atoms with Gasteiger partial charge in [0.1, 0.15) is 10.7 Å². The standard InChI is InChI=1S/C19H25N3OS/c1-10-16-11(2)21-12(3)22-19(16)24-17(10)18(23)20-7-6-15-9-13-4-5-14(15)8-13/h13-15H,4-9H2,1-3H3,(H,20,23)/t13-,14-,15-/m0/s1. The number of fused-ring (bicyclic) bond motifs is 3. The molecule has 1 N–H and O–H groups in total. The van der Waals surface area contributed by atoms with Gasteiger partial charge in [-0.2, -0.15) is 0 Å². The molecule has 2 saturated carbocycles. The number of rotatable bonds is 4. The summed E-state index contributed by atoms with van der Waals surface area (Å²) in [5.41, 5.74) is 1.98. The lowest BCUT2D eigenvalue weighted by molar-refractivity contribution is 0.0953. The fraction of sp³-hybridized carbons (Fsp3) is 0.632. The van der Waals surface area contributed by atoms with Crippen LogP contribution in [0.15, 0.2) is 0 Å². The van der Waals surface area contributed by atoms with Crippen molar-refractivity contribution in [1.82, 2.24) is 15.3 Å². The molecule has 4 rings (SSSR count). The Morgan fingerprint density at radius 1 is 1.21 bits per heavy atom. The molecule has 2 fully saturated rings. The van der Waals surface area contributed by atoms with Crippen LogP contribution in [0.1, 0.15) is 58.9 Å². The molecular weight excluding hydrogens is 318 g/mol. The summed E-state index contributed by atoms with van der Waals surface area (Å²) in [7, 11) is 0. The molecule has 3 atom stereocenters. The van der Waals surface area contributed by atoms with Gasteiger partial charge in [0.25, 0.3) is 5.91 Å². The quantitative estimate of drug-likeness (QED) is 0.906. The van der Waals surface area contributed by atoms with Gasteiger partial charge in [-0.3, -0.25) is 4.79 Å². The van der Waals surface area contributed by atoms with E-state index in [9.17, 15) is 4.79 Å². The highest BCUT2D eigenvalue weighted by Gasteiger charge is 2.38. The van der Waals surface area contributed by atoms with E-state index in [1.54, 1.807) is 0 Å². The van der Waals surface area contributed by atoms with Crippen LogP contribution in [0.4, 0.5) is 0 Å². The first-order valence-electron chi connectivity index (χ1n) is 9.05. The lowest BCUT2D eigenvalue weighted by atomic mass is 9.86. The molecule has 0 saturated heterocycles. The highest BCUT2D eigenvalue weighted by molar-refractivity contribution is 7.20. The van der Waals surface area contributed by atoms with Crippen molar-refractivity contribution in [3.63, 3.8) is 0 Å². The Kier molecular flexibility index (Phi) is 4.07. The summed E-state index contributed by atoms with van der Waals surface area (Å²) < 4.78 is 0. The minimum absolute atomic E-state index is 0.0516. The number of nitrogens with zero attached hydrogens (tertiary/aromatic N) is 2. The van der Waals surface area contributed by atoms with Gasteiger partial charge in [0.2, 0.25) is 0 Å². The lowest BCUT2D eigenvalue weighted by Crippen LogP contribution is -2.26. The van der Waals surface area contributed by atoms with E-state index in [4.69, 9.17) is 0 Å². The average Bonchev–Trinajstić information content (AvgIpc) is 3.21. The summed E-state index contributed by atoms with van der Waals surface area (Å²) >= 11 is 1.49. The summed E-state index contributed by atoms with van der Waals surface area (Å²) in [6, 6.07) is 0. The minimum Gasteiger partial charge on any atom is -0.351 e. The molecule has 2 aliphatic carbocycles. The fourth-order valence-electron chi connectivity index (χ4n) is 4.87. The second-order valence-electron chi connectivity index (χ2n) is 7.57. The van der Waals surface area contributed by atoms with E-state index in [1.807, 2.05) is 20.8 Å². The van der Waals surface area contributed by atoms with Crippen molar-refractivity contribution in [3.8, 4) is 0 Å². The Morgan fingerprint density at radius 2 is 2.04 bits per heavy atom. The number of aromatic nitrogens is 2. The molecule has 2 aliphatic rings. The minimum atomic E-state index is 0.0516. The number of hydrogen-bond acceptors (Lipinski definition) is 4. The number of thiophene rings is 1. The third-order valence-electron chi connectivity index (χ3n) is 5.97. The summed E-state index contributed by atoms with van der Waals surface area (Å²) in [6.07, 6.45) is 6.81. The molecular formula is C19H25N3OS. The van der Waals surface area contributed by atoms with Gasteiger partial charge in [0.05, 0.1) is 4.88 Å². The first kappa shape index (κ1) is 16.0. The second-order valence-corrected chi connectivity index (χ2v) is 8.57. The number of amides is 1. The van der Waals surface area contributed by atoms with Crippen molar-refractivity contribution in [2.24, 2.45) is 17.8 Å². The Labute approximate surface area is 147 Å². The smallest absolute Gasteiger partial charge is 0.261 e. The molecule has 2 aromatic heterocycles. The summed E-state index contributed by atoms with van der Waals surface area (Å²) in [4.78, 5) is 23.3. The Hall–Kier alpha value is -1.49.